The number of methoxy groups -OCH3 is 1. The molecule has 1 rings (SSSR count). The molecule has 0 aliphatic carbocycles. The van der Waals surface area contributed by atoms with Crippen LogP contribution in [0.15, 0.2) is 6.07 Å². The maximum absolute atomic E-state index is 5.18. The van der Waals surface area contributed by atoms with Gasteiger partial charge in [0, 0.05) is 33.7 Å². The van der Waals surface area contributed by atoms with Gasteiger partial charge in [-0.1, -0.05) is 6.92 Å². The summed E-state index contributed by atoms with van der Waals surface area (Å²) in [6.07, 6.45) is 1.94. The van der Waals surface area contributed by atoms with Crippen molar-refractivity contribution in [1.29, 1.82) is 0 Å². The van der Waals surface area contributed by atoms with Gasteiger partial charge in [-0.15, -0.1) is 0 Å². The van der Waals surface area contributed by atoms with Crippen LogP contribution in [0.1, 0.15) is 26.1 Å². The summed E-state index contributed by atoms with van der Waals surface area (Å²) < 4.78 is 5.18. The fraction of sp³-hybridized carbons (Fsp3) is 0.692. The number of aryl methyl sites for hydroxylation is 1. The van der Waals surface area contributed by atoms with Crippen molar-refractivity contribution in [2.24, 2.45) is 0 Å². The van der Waals surface area contributed by atoms with E-state index in [1.54, 1.807) is 7.11 Å². The summed E-state index contributed by atoms with van der Waals surface area (Å²) >= 11 is 0. The molecule has 5 nitrogen and oxygen atoms in total. The first-order valence-corrected chi connectivity index (χ1v) is 6.39. The van der Waals surface area contributed by atoms with Crippen molar-refractivity contribution >= 4 is 11.6 Å². The molecule has 1 aromatic rings. The Balaban J connectivity index is 2.95. The lowest BCUT2D eigenvalue weighted by atomic mass is 10.3. The molecule has 0 radical (unpaired) electrons. The summed E-state index contributed by atoms with van der Waals surface area (Å²) in [5, 5.41) is 3.08. The molecule has 102 valence electrons. The molecular formula is C13H24N4O. The van der Waals surface area contributed by atoms with E-state index >= 15 is 0 Å². The smallest absolute Gasteiger partial charge is 0.134 e. The largest absolute Gasteiger partial charge is 0.383 e. The zero-order valence-electron chi connectivity index (χ0n) is 12.0. The van der Waals surface area contributed by atoms with Crippen molar-refractivity contribution < 1.29 is 4.74 Å². The van der Waals surface area contributed by atoms with Crippen LogP contribution in [0, 0.1) is 0 Å². The lowest BCUT2D eigenvalue weighted by Crippen LogP contribution is -2.33. The molecule has 1 N–H and O–H groups in total. The van der Waals surface area contributed by atoms with Gasteiger partial charge in [-0.3, -0.25) is 0 Å². The number of nitrogens with one attached hydrogen (secondary N) is 1. The van der Waals surface area contributed by atoms with Gasteiger partial charge in [-0.05, 0) is 13.3 Å². The molecule has 0 bridgehead atoms. The summed E-state index contributed by atoms with van der Waals surface area (Å²) in [4.78, 5) is 11.2. The van der Waals surface area contributed by atoms with E-state index in [0.29, 0.717) is 6.61 Å². The summed E-state index contributed by atoms with van der Waals surface area (Å²) in [7, 11) is 5.62. The minimum Gasteiger partial charge on any atom is -0.383 e. The van der Waals surface area contributed by atoms with Crippen molar-refractivity contribution in [3.05, 3.63) is 11.9 Å². The van der Waals surface area contributed by atoms with Crippen LogP contribution in [0.5, 0.6) is 0 Å². The molecule has 0 saturated heterocycles. The lowest BCUT2D eigenvalue weighted by molar-refractivity contribution is 0.183. The average molecular weight is 252 g/mol. The molecule has 0 spiro atoms. The second-order valence-corrected chi connectivity index (χ2v) is 4.44. The van der Waals surface area contributed by atoms with Gasteiger partial charge in [0.05, 0.1) is 12.6 Å². The summed E-state index contributed by atoms with van der Waals surface area (Å²) in [6.45, 7) is 4.93. The quantitative estimate of drug-likeness (QED) is 0.803. The number of nitrogens with zero attached hydrogens (tertiary/aromatic N) is 3. The average Bonchev–Trinajstić information content (AvgIpc) is 2.38. The zero-order valence-corrected chi connectivity index (χ0v) is 12.0. The van der Waals surface area contributed by atoms with Crippen molar-refractivity contribution in [2.45, 2.75) is 32.7 Å². The van der Waals surface area contributed by atoms with Crippen LogP contribution in [0.2, 0.25) is 0 Å². The molecule has 1 unspecified atom stereocenters. The normalized spacial score (nSPS) is 12.3. The van der Waals surface area contributed by atoms with E-state index in [2.05, 4.69) is 34.0 Å². The van der Waals surface area contributed by atoms with Crippen LogP contribution in [-0.4, -0.2) is 43.8 Å². The number of ether oxygens (including phenoxy) is 1. The van der Waals surface area contributed by atoms with Gasteiger partial charge in [-0.25, -0.2) is 9.97 Å². The number of anilines is 2. The molecule has 0 fully saturated rings. The van der Waals surface area contributed by atoms with E-state index in [9.17, 15) is 0 Å². The third-order valence-electron chi connectivity index (χ3n) is 2.92. The molecule has 18 heavy (non-hydrogen) atoms. The Labute approximate surface area is 110 Å². The van der Waals surface area contributed by atoms with Crippen LogP contribution in [0.3, 0.4) is 0 Å². The van der Waals surface area contributed by atoms with Gasteiger partial charge in [-0.2, -0.15) is 0 Å². The Morgan fingerprint density at radius 3 is 2.72 bits per heavy atom. The fourth-order valence-electron chi connectivity index (χ4n) is 1.71. The van der Waals surface area contributed by atoms with Gasteiger partial charge in [0.2, 0.25) is 0 Å². The minimum atomic E-state index is 0.282. The van der Waals surface area contributed by atoms with Crippen molar-refractivity contribution in [1.82, 2.24) is 9.97 Å². The molecular weight excluding hydrogens is 228 g/mol. The standard InChI is InChI=1S/C13H24N4O/c1-6-7-11-15-12(14-3)8-13(16-11)17(4)10(2)9-18-5/h8,10H,6-7,9H2,1-5H3,(H,14,15,16). The molecule has 0 aliphatic heterocycles. The number of hydrogen-bond donors (Lipinski definition) is 1. The Hall–Kier alpha value is -1.36. The Bertz CT molecular complexity index is 370. The number of likely N-dealkylation sites (N-methyl/N-ethyl adjacent to an activating group) is 1. The minimum absolute atomic E-state index is 0.282. The van der Waals surface area contributed by atoms with Crippen molar-refractivity contribution in [3.63, 3.8) is 0 Å². The number of hydrogen-bond acceptors (Lipinski definition) is 5. The Kier molecular flexibility index (Phi) is 5.85. The maximum atomic E-state index is 5.18. The Morgan fingerprint density at radius 2 is 2.17 bits per heavy atom. The van der Waals surface area contributed by atoms with Crippen LogP contribution < -0.4 is 10.2 Å². The molecule has 1 heterocycles. The van der Waals surface area contributed by atoms with E-state index in [1.165, 1.54) is 0 Å². The first-order valence-electron chi connectivity index (χ1n) is 6.39. The van der Waals surface area contributed by atoms with Gasteiger partial charge in [0.25, 0.3) is 0 Å². The van der Waals surface area contributed by atoms with Gasteiger partial charge in [0.15, 0.2) is 0 Å². The second-order valence-electron chi connectivity index (χ2n) is 4.44. The molecule has 0 amide bonds. The monoisotopic (exact) mass is 252 g/mol. The van der Waals surface area contributed by atoms with Crippen molar-refractivity contribution in [3.8, 4) is 0 Å². The van der Waals surface area contributed by atoms with E-state index in [-0.39, 0.29) is 6.04 Å². The summed E-state index contributed by atoms with van der Waals surface area (Å²) in [6, 6.07) is 2.25. The molecule has 1 atom stereocenters. The lowest BCUT2D eigenvalue weighted by Gasteiger charge is -2.26. The Morgan fingerprint density at radius 1 is 1.44 bits per heavy atom. The van der Waals surface area contributed by atoms with E-state index < -0.39 is 0 Å². The second kappa shape index (κ2) is 7.16. The van der Waals surface area contributed by atoms with Crippen LogP contribution in [-0.2, 0) is 11.2 Å². The highest BCUT2D eigenvalue weighted by molar-refractivity contribution is 5.49. The highest BCUT2D eigenvalue weighted by Gasteiger charge is 2.13. The molecule has 1 aromatic heterocycles. The molecule has 0 aromatic carbocycles. The number of aromatic nitrogens is 2. The van der Waals surface area contributed by atoms with E-state index in [4.69, 9.17) is 4.74 Å². The summed E-state index contributed by atoms with van der Waals surface area (Å²) in [5.74, 6) is 2.68. The van der Waals surface area contributed by atoms with Gasteiger partial charge < -0.3 is 15.0 Å². The SMILES string of the molecule is CCCc1nc(NC)cc(N(C)C(C)COC)n1. The van der Waals surface area contributed by atoms with Gasteiger partial charge in [0.1, 0.15) is 17.5 Å². The van der Waals surface area contributed by atoms with Crippen LogP contribution in [0.25, 0.3) is 0 Å². The van der Waals surface area contributed by atoms with Crippen LogP contribution >= 0.6 is 0 Å². The molecule has 5 heteroatoms. The van der Waals surface area contributed by atoms with Crippen molar-refractivity contribution in [2.75, 3.05) is 38.0 Å². The third kappa shape index (κ3) is 3.84. The van der Waals surface area contributed by atoms with E-state index in [1.807, 2.05) is 20.2 Å². The topological polar surface area (TPSA) is 50.3 Å². The maximum Gasteiger partial charge on any atom is 0.134 e. The fourth-order valence-corrected chi connectivity index (χ4v) is 1.71. The predicted molar refractivity (Wildman–Crippen MR) is 75.3 cm³/mol. The van der Waals surface area contributed by atoms with E-state index in [0.717, 1.165) is 30.3 Å². The predicted octanol–water partition coefficient (Wildman–Crippen LogP) is 1.94. The zero-order chi connectivity index (χ0) is 13.5. The molecule has 0 saturated carbocycles. The highest BCUT2D eigenvalue weighted by atomic mass is 16.5. The first-order chi connectivity index (χ1) is 8.62. The molecule has 0 aliphatic rings. The third-order valence-corrected chi connectivity index (χ3v) is 2.92. The highest BCUT2D eigenvalue weighted by Crippen LogP contribution is 2.17. The summed E-state index contributed by atoms with van der Waals surface area (Å²) in [5.41, 5.74) is 0. The van der Waals surface area contributed by atoms with Gasteiger partial charge >= 0.3 is 0 Å². The van der Waals surface area contributed by atoms with Crippen LogP contribution in [0.4, 0.5) is 11.6 Å². The first kappa shape index (κ1) is 14.7. The number of rotatable bonds is 7.